The number of ether oxygens (including phenoxy) is 3. The van der Waals surface area contributed by atoms with Gasteiger partial charge in [-0.05, 0) is 59.5 Å². The fraction of sp³-hybridized carbons (Fsp3) is 0.276. The van der Waals surface area contributed by atoms with E-state index in [0.717, 1.165) is 0 Å². The lowest BCUT2D eigenvalue weighted by atomic mass is 9.80. The van der Waals surface area contributed by atoms with Gasteiger partial charge in [0.2, 0.25) is 0 Å². The first kappa shape index (κ1) is 26.7. The molecular formula is C29H29NO8. The van der Waals surface area contributed by atoms with Crippen LogP contribution in [0.25, 0.3) is 0 Å². The van der Waals surface area contributed by atoms with E-state index in [2.05, 4.69) is 0 Å². The molecule has 0 atom stereocenters. The van der Waals surface area contributed by atoms with Crippen molar-refractivity contribution in [1.82, 2.24) is 5.06 Å². The summed E-state index contributed by atoms with van der Waals surface area (Å²) in [6, 6.07) is 21.5. The SMILES string of the molecule is COc1ccc(C(O)(c2ccc(OC)cc2)c2ccc(OCCCC(=O)ON3C(=O)CCC3=O)cc2)cc1. The zero-order valence-electron chi connectivity index (χ0n) is 21.2. The van der Waals surface area contributed by atoms with E-state index in [9.17, 15) is 19.5 Å². The lowest BCUT2D eigenvalue weighted by Gasteiger charge is -2.30. The monoisotopic (exact) mass is 519 g/mol. The highest BCUT2D eigenvalue weighted by Crippen LogP contribution is 2.38. The maximum Gasteiger partial charge on any atom is 0.333 e. The number of hydrogen-bond donors (Lipinski definition) is 1. The fourth-order valence-corrected chi connectivity index (χ4v) is 4.17. The van der Waals surface area contributed by atoms with Crippen molar-refractivity contribution in [2.45, 2.75) is 31.3 Å². The summed E-state index contributed by atoms with van der Waals surface area (Å²) in [6.45, 7) is 0.220. The van der Waals surface area contributed by atoms with Crippen molar-refractivity contribution in [3.8, 4) is 17.2 Å². The molecule has 1 N–H and O–H groups in total. The average Bonchev–Trinajstić information content (AvgIpc) is 3.27. The highest BCUT2D eigenvalue weighted by molar-refractivity contribution is 6.01. The Hall–Kier alpha value is -4.37. The van der Waals surface area contributed by atoms with Gasteiger partial charge in [-0.15, -0.1) is 5.06 Å². The zero-order chi connectivity index (χ0) is 27.1. The standard InChI is InChI=1S/C29H29NO8/c1-35-23-11-5-20(6-12-23)29(34,21-7-13-24(36-2)14-8-21)22-9-15-25(16-10-22)37-19-3-4-28(33)38-30-26(31)17-18-27(30)32/h5-16,34H,3-4,17-19H2,1-2H3. The molecular weight excluding hydrogens is 490 g/mol. The minimum Gasteiger partial charge on any atom is -0.497 e. The third-order valence-electron chi connectivity index (χ3n) is 6.28. The van der Waals surface area contributed by atoms with Gasteiger partial charge in [0.25, 0.3) is 11.8 Å². The Balaban J connectivity index is 1.43. The van der Waals surface area contributed by atoms with Gasteiger partial charge in [-0.2, -0.15) is 0 Å². The fourth-order valence-electron chi connectivity index (χ4n) is 4.17. The predicted molar refractivity (Wildman–Crippen MR) is 136 cm³/mol. The topological polar surface area (TPSA) is 112 Å². The number of amides is 2. The largest absolute Gasteiger partial charge is 0.497 e. The Labute approximate surface area is 220 Å². The number of rotatable bonds is 11. The molecule has 1 fully saturated rings. The molecule has 0 radical (unpaired) electrons. The maximum atomic E-state index is 12.0. The van der Waals surface area contributed by atoms with Crippen LogP contribution in [0.5, 0.6) is 17.2 Å². The summed E-state index contributed by atoms with van der Waals surface area (Å²) < 4.78 is 16.3. The Bertz CT molecular complexity index is 1210. The highest BCUT2D eigenvalue weighted by atomic mass is 16.7. The molecule has 198 valence electrons. The number of imide groups is 1. The number of carbonyl (C=O) groups excluding carboxylic acids is 3. The molecule has 0 spiro atoms. The third-order valence-corrected chi connectivity index (χ3v) is 6.28. The first-order chi connectivity index (χ1) is 18.3. The lowest BCUT2D eigenvalue weighted by molar-refractivity contribution is -0.197. The Morgan fingerprint density at radius 2 is 1.18 bits per heavy atom. The molecule has 9 nitrogen and oxygen atoms in total. The van der Waals surface area contributed by atoms with Gasteiger partial charge in [-0.3, -0.25) is 9.59 Å². The van der Waals surface area contributed by atoms with E-state index in [-0.39, 0.29) is 25.9 Å². The van der Waals surface area contributed by atoms with E-state index < -0.39 is 23.4 Å². The molecule has 1 heterocycles. The molecule has 3 aromatic rings. The van der Waals surface area contributed by atoms with Gasteiger partial charge in [0.05, 0.1) is 27.2 Å². The average molecular weight is 520 g/mol. The van der Waals surface area contributed by atoms with E-state index in [4.69, 9.17) is 19.0 Å². The number of hydrogen-bond acceptors (Lipinski definition) is 8. The van der Waals surface area contributed by atoms with Crippen LogP contribution in [0, 0.1) is 0 Å². The molecule has 1 saturated heterocycles. The van der Waals surface area contributed by atoms with Crippen LogP contribution in [0.1, 0.15) is 42.4 Å². The Kier molecular flexibility index (Phi) is 8.28. The number of carbonyl (C=O) groups is 3. The summed E-state index contributed by atoms with van der Waals surface area (Å²) in [5.41, 5.74) is 0.491. The van der Waals surface area contributed by atoms with E-state index in [1.165, 1.54) is 0 Å². The molecule has 4 rings (SSSR count). The summed E-state index contributed by atoms with van der Waals surface area (Å²) in [4.78, 5) is 39.9. The maximum absolute atomic E-state index is 12.0. The van der Waals surface area contributed by atoms with Crippen LogP contribution >= 0.6 is 0 Å². The lowest BCUT2D eigenvalue weighted by Crippen LogP contribution is -2.32. The van der Waals surface area contributed by atoms with Crippen LogP contribution in [0.2, 0.25) is 0 Å². The molecule has 0 unspecified atom stereocenters. The Morgan fingerprint density at radius 3 is 1.61 bits per heavy atom. The third kappa shape index (κ3) is 5.78. The molecule has 1 aliphatic rings. The van der Waals surface area contributed by atoms with Gasteiger partial charge in [0.15, 0.2) is 0 Å². The molecule has 0 saturated carbocycles. The van der Waals surface area contributed by atoms with Crippen LogP contribution in [0.15, 0.2) is 72.8 Å². The summed E-state index contributed by atoms with van der Waals surface area (Å²) in [5, 5.41) is 12.6. The zero-order valence-corrected chi connectivity index (χ0v) is 21.2. The van der Waals surface area contributed by atoms with Crippen molar-refractivity contribution in [2.24, 2.45) is 0 Å². The van der Waals surface area contributed by atoms with Crippen molar-refractivity contribution in [3.63, 3.8) is 0 Å². The normalized spacial score (nSPS) is 13.4. The quantitative estimate of drug-likeness (QED) is 0.232. The van der Waals surface area contributed by atoms with Crippen LogP contribution < -0.4 is 14.2 Å². The summed E-state index contributed by atoms with van der Waals surface area (Å²) in [7, 11) is 3.17. The Morgan fingerprint density at radius 1 is 0.763 bits per heavy atom. The van der Waals surface area contributed by atoms with E-state index in [0.29, 0.717) is 45.4 Å². The van der Waals surface area contributed by atoms with Crippen molar-refractivity contribution in [3.05, 3.63) is 89.5 Å². The summed E-state index contributed by atoms with van der Waals surface area (Å²) in [5.74, 6) is 0.220. The number of aliphatic hydroxyl groups is 1. The molecule has 0 aromatic heterocycles. The van der Waals surface area contributed by atoms with Crippen LogP contribution in [0.4, 0.5) is 0 Å². The van der Waals surface area contributed by atoms with Crippen molar-refractivity contribution < 1.29 is 38.5 Å². The number of benzene rings is 3. The van der Waals surface area contributed by atoms with Gasteiger partial charge in [0, 0.05) is 12.8 Å². The van der Waals surface area contributed by atoms with Crippen LogP contribution in [-0.4, -0.2) is 48.8 Å². The molecule has 9 heteroatoms. The molecule has 1 aliphatic heterocycles. The second-order valence-corrected chi connectivity index (χ2v) is 8.69. The summed E-state index contributed by atoms with van der Waals surface area (Å²) >= 11 is 0. The van der Waals surface area contributed by atoms with Gasteiger partial charge in [0.1, 0.15) is 22.8 Å². The van der Waals surface area contributed by atoms with Crippen molar-refractivity contribution in [2.75, 3.05) is 20.8 Å². The van der Waals surface area contributed by atoms with Gasteiger partial charge < -0.3 is 24.2 Å². The molecule has 3 aromatic carbocycles. The molecule has 2 amide bonds. The number of nitrogens with zero attached hydrogens (tertiary/aromatic N) is 1. The minimum absolute atomic E-state index is 0.0101. The number of hydroxylamine groups is 2. The van der Waals surface area contributed by atoms with Crippen molar-refractivity contribution in [1.29, 1.82) is 0 Å². The first-order valence-electron chi connectivity index (χ1n) is 12.2. The van der Waals surface area contributed by atoms with E-state index in [1.807, 2.05) is 24.3 Å². The van der Waals surface area contributed by atoms with Gasteiger partial charge in [-0.25, -0.2) is 4.79 Å². The molecule has 0 aliphatic carbocycles. The van der Waals surface area contributed by atoms with Crippen LogP contribution in [-0.2, 0) is 24.8 Å². The van der Waals surface area contributed by atoms with E-state index >= 15 is 0 Å². The number of methoxy groups -OCH3 is 2. The first-order valence-corrected chi connectivity index (χ1v) is 12.2. The predicted octanol–water partition coefficient (Wildman–Crippen LogP) is 3.75. The van der Waals surface area contributed by atoms with E-state index in [1.54, 1.807) is 62.8 Å². The van der Waals surface area contributed by atoms with Gasteiger partial charge >= 0.3 is 5.97 Å². The van der Waals surface area contributed by atoms with Crippen molar-refractivity contribution >= 4 is 17.8 Å². The highest BCUT2D eigenvalue weighted by Gasteiger charge is 2.34. The van der Waals surface area contributed by atoms with Gasteiger partial charge in [-0.1, -0.05) is 36.4 Å². The summed E-state index contributed by atoms with van der Waals surface area (Å²) in [6.07, 6.45) is 0.427. The van der Waals surface area contributed by atoms with Crippen LogP contribution in [0.3, 0.4) is 0 Å². The minimum atomic E-state index is -1.45. The second-order valence-electron chi connectivity index (χ2n) is 8.69. The smallest absolute Gasteiger partial charge is 0.333 e. The molecule has 38 heavy (non-hydrogen) atoms. The molecule has 0 bridgehead atoms. The second kappa shape index (κ2) is 11.8.